The first-order valence-electron chi connectivity index (χ1n) is 10.5. The van der Waals surface area contributed by atoms with Crippen molar-refractivity contribution >= 4 is 35.0 Å². The van der Waals surface area contributed by atoms with Gasteiger partial charge in [0, 0.05) is 28.7 Å². The lowest BCUT2D eigenvalue weighted by molar-refractivity contribution is -0.143. The average molecular weight is 465 g/mol. The van der Waals surface area contributed by atoms with Crippen molar-refractivity contribution < 1.29 is 14.3 Å². The van der Waals surface area contributed by atoms with Gasteiger partial charge in [0.2, 0.25) is 5.91 Å². The molecule has 2 aromatic rings. The quantitative estimate of drug-likeness (QED) is 0.517. The normalized spacial score (nSPS) is 11.7. The summed E-state index contributed by atoms with van der Waals surface area (Å²) in [5, 5.41) is 3.78. The molecule has 168 valence electrons. The Kier molecular flexibility index (Phi) is 9.66. The number of benzene rings is 2. The van der Waals surface area contributed by atoms with E-state index in [1.807, 2.05) is 45.9 Å². The molecule has 1 N–H and O–H groups in total. The number of rotatable bonds is 10. The van der Waals surface area contributed by atoms with Gasteiger partial charge in [-0.15, -0.1) is 0 Å². The maximum absolute atomic E-state index is 13.2. The third-order valence-electron chi connectivity index (χ3n) is 5.01. The molecule has 0 heterocycles. The van der Waals surface area contributed by atoms with E-state index < -0.39 is 6.04 Å². The lowest BCUT2D eigenvalue weighted by atomic mass is 10.1. The van der Waals surface area contributed by atoms with E-state index in [9.17, 15) is 9.59 Å². The Morgan fingerprint density at radius 1 is 1.10 bits per heavy atom. The minimum atomic E-state index is -0.658. The van der Waals surface area contributed by atoms with E-state index in [0.29, 0.717) is 34.3 Å². The topological polar surface area (TPSA) is 58.6 Å². The number of carbonyl (C=O) groups excluding carboxylic acids is 2. The van der Waals surface area contributed by atoms with Crippen molar-refractivity contribution in [2.75, 3.05) is 13.2 Å². The molecule has 2 amide bonds. The van der Waals surface area contributed by atoms with Gasteiger partial charge in [0.1, 0.15) is 11.8 Å². The molecule has 2 aromatic carbocycles. The first-order chi connectivity index (χ1) is 14.8. The van der Waals surface area contributed by atoms with Crippen LogP contribution in [-0.2, 0) is 16.1 Å². The van der Waals surface area contributed by atoms with Crippen molar-refractivity contribution in [3.63, 3.8) is 0 Å². The number of hydrogen-bond acceptors (Lipinski definition) is 3. The fourth-order valence-electron chi connectivity index (χ4n) is 3.32. The SMILES string of the molecule is CCCNC(=O)[C@H](CC)N(Cc1c(Cl)cccc1Cl)C(=O)COc1ccc(C)cc1C. The number of aryl methyl sites for hydroxylation is 2. The Hall–Kier alpha value is -2.24. The van der Waals surface area contributed by atoms with E-state index in [2.05, 4.69) is 5.32 Å². The molecule has 0 aliphatic carbocycles. The summed E-state index contributed by atoms with van der Waals surface area (Å²) in [7, 11) is 0. The second kappa shape index (κ2) is 12.0. The summed E-state index contributed by atoms with van der Waals surface area (Å²) >= 11 is 12.7. The lowest BCUT2D eigenvalue weighted by Crippen LogP contribution is -2.50. The van der Waals surface area contributed by atoms with Gasteiger partial charge >= 0.3 is 0 Å². The summed E-state index contributed by atoms with van der Waals surface area (Å²) in [6.07, 6.45) is 1.26. The second-order valence-corrected chi connectivity index (χ2v) is 8.31. The fourth-order valence-corrected chi connectivity index (χ4v) is 3.84. The molecular formula is C24H30Cl2N2O3. The zero-order chi connectivity index (χ0) is 23.0. The Labute approximate surface area is 194 Å². The number of hydrogen-bond donors (Lipinski definition) is 1. The van der Waals surface area contributed by atoms with Crippen LogP contribution in [0, 0.1) is 13.8 Å². The number of amides is 2. The smallest absolute Gasteiger partial charge is 0.261 e. The third kappa shape index (κ3) is 6.88. The van der Waals surface area contributed by atoms with Crippen molar-refractivity contribution in [2.45, 2.75) is 53.1 Å². The van der Waals surface area contributed by atoms with Crippen LogP contribution in [0.3, 0.4) is 0 Å². The van der Waals surface area contributed by atoms with Gasteiger partial charge in [-0.3, -0.25) is 9.59 Å². The minimum absolute atomic E-state index is 0.117. The molecule has 0 radical (unpaired) electrons. The zero-order valence-electron chi connectivity index (χ0n) is 18.5. The Balaban J connectivity index is 2.28. The highest BCUT2D eigenvalue weighted by molar-refractivity contribution is 6.36. The molecule has 1 atom stereocenters. The van der Waals surface area contributed by atoms with E-state index >= 15 is 0 Å². The van der Waals surface area contributed by atoms with E-state index in [1.165, 1.54) is 4.90 Å². The van der Waals surface area contributed by atoms with Gasteiger partial charge in [-0.05, 0) is 50.5 Å². The highest BCUT2D eigenvalue weighted by atomic mass is 35.5. The Bertz CT molecular complexity index is 897. The van der Waals surface area contributed by atoms with Gasteiger partial charge in [0.25, 0.3) is 5.91 Å². The standard InChI is InChI=1S/C24H30Cl2N2O3/c1-5-12-27-24(30)21(6-2)28(14-18-19(25)8-7-9-20(18)26)23(29)15-31-22-11-10-16(3)13-17(22)4/h7-11,13,21H,5-6,12,14-15H2,1-4H3,(H,27,30)/t21-/m0/s1. The fraction of sp³-hybridized carbons (Fsp3) is 0.417. The van der Waals surface area contributed by atoms with Gasteiger partial charge in [-0.1, -0.05) is 60.8 Å². The summed E-state index contributed by atoms with van der Waals surface area (Å²) in [5.74, 6) is 0.125. The molecule has 0 fully saturated rings. The maximum atomic E-state index is 13.2. The molecule has 0 aliphatic rings. The van der Waals surface area contributed by atoms with Gasteiger partial charge in [-0.2, -0.15) is 0 Å². The van der Waals surface area contributed by atoms with Crippen LogP contribution in [0.2, 0.25) is 10.0 Å². The molecule has 0 spiro atoms. The van der Waals surface area contributed by atoms with Gasteiger partial charge in [0.05, 0.1) is 0 Å². The summed E-state index contributed by atoms with van der Waals surface area (Å²) in [5.41, 5.74) is 2.67. The van der Waals surface area contributed by atoms with Crippen molar-refractivity contribution in [2.24, 2.45) is 0 Å². The molecule has 0 bridgehead atoms. The van der Waals surface area contributed by atoms with Crippen LogP contribution in [0.15, 0.2) is 36.4 Å². The predicted molar refractivity (Wildman–Crippen MR) is 126 cm³/mol. The minimum Gasteiger partial charge on any atom is -0.483 e. The Morgan fingerprint density at radius 3 is 2.35 bits per heavy atom. The molecule has 7 heteroatoms. The van der Waals surface area contributed by atoms with Gasteiger partial charge in [0.15, 0.2) is 6.61 Å². The average Bonchev–Trinajstić information content (AvgIpc) is 2.73. The number of halogens is 2. The summed E-state index contributed by atoms with van der Waals surface area (Å²) in [4.78, 5) is 27.5. The molecule has 0 saturated carbocycles. The molecule has 0 aliphatic heterocycles. The molecule has 0 saturated heterocycles. The van der Waals surface area contributed by atoms with E-state index in [4.69, 9.17) is 27.9 Å². The van der Waals surface area contributed by atoms with Gasteiger partial charge in [-0.25, -0.2) is 0 Å². The van der Waals surface area contributed by atoms with Gasteiger partial charge < -0.3 is 15.0 Å². The largest absolute Gasteiger partial charge is 0.483 e. The van der Waals surface area contributed by atoms with E-state index in [-0.39, 0.29) is 25.0 Å². The van der Waals surface area contributed by atoms with Crippen LogP contribution in [0.4, 0.5) is 0 Å². The molecule has 0 unspecified atom stereocenters. The van der Waals surface area contributed by atoms with Crippen LogP contribution >= 0.6 is 23.2 Å². The number of carbonyl (C=O) groups is 2. The van der Waals surface area contributed by atoms with Crippen LogP contribution < -0.4 is 10.1 Å². The zero-order valence-corrected chi connectivity index (χ0v) is 20.0. The van der Waals surface area contributed by atoms with Crippen molar-refractivity contribution in [1.82, 2.24) is 10.2 Å². The van der Waals surface area contributed by atoms with Crippen molar-refractivity contribution in [3.05, 3.63) is 63.1 Å². The first kappa shape index (κ1) is 25.0. The highest BCUT2D eigenvalue weighted by Gasteiger charge is 2.30. The van der Waals surface area contributed by atoms with Crippen molar-refractivity contribution in [1.29, 1.82) is 0 Å². The third-order valence-corrected chi connectivity index (χ3v) is 5.72. The van der Waals surface area contributed by atoms with Crippen molar-refractivity contribution in [3.8, 4) is 5.75 Å². The summed E-state index contributed by atoms with van der Waals surface area (Å²) < 4.78 is 5.80. The maximum Gasteiger partial charge on any atom is 0.261 e. The molecule has 31 heavy (non-hydrogen) atoms. The van der Waals surface area contributed by atoms with Crippen LogP contribution in [0.5, 0.6) is 5.75 Å². The number of nitrogens with zero attached hydrogens (tertiary/aromatic N) is 1. The van der Waals surface area contributed by atoms with E-state index in [0.717, 1.165) is 17.5 Å². The molecule has 0 aromatic heterocycles. The monoisotopic (exact) mass is 464 g/mol. The Morgan fingerprint density at radius 2 is 1.77 bits per heavy atom. The molecule has 2 rings (SSSR count). The molecular weight excluding hydrogens is 435 g/mol. The number of ether oxygens (including phenoxy) is 1. The van der Waals surface area contributed by atoms with E-state index in [1.54, 1.807) is 18.2 Å². The highest BCUT2D eigenvalue weighted by Crippen LogP contribution is 2.27. The second-order valence-electron chi connectivity index (χ2n) is 7.49. The van der Waals surface area contributed by atoms with Crippen LogP contribution in [-0.4, -0.2) is 35.9 Å². The predicted octanol–water partition coefficient (Wildman–Crippen LogP) is 5.32. The first-order valence-corrected chi connectivity index (χ1v) is 11.2. The number of nitrogens with one attached hydrogen (secondary N) is 1. The van der Waals surface area contributed by atoms with Crippen LogP contribution in [0.1, 0.15) is 43.4 Å². The summed E-state index contributed by atoms with van der Waals surface area (Å²) in [6.45, 7) is 8.25. The summed E-state index contributed by atoms with van der Waals surface area (Å²) in [6, 6.07) is 10.3. The molecule has 5 nitrogen and oxygen atoms in total. The lowest BCUT2D eigenvalue weighted by Gasteiger charge is -2.31. The van der Waals surface area contributed by atoms with Crippen LogP contribution in [0.25, 0.3) is 0 Å².